The number of rotatable bonds is 4. The van der Waals surface area contributed by atoms with E-state index in [9.17, 15) is 14.0 Å². The van der Waals surface area contributed by atoms with Gasteiger partial charge in [0.15, 0.2) is 0 Å². The van der Waals surface area contributed by atoms with Gasteiger partial charge in [0.25, 0.3) is 5.91 Å². The Hall–Kier alpha value is -2.76. The van der Waals surface area contributed by atoms with Crippen LogP contribution in [-0.2, 0) is 0 Å². The molecule has 1 amide bonds. The van der Waals surface area contributed by atoms with Crippen molar-refractivity contribution in [3.05, 3.63) is 65.2 Å². The number of aromatic nitrogens is 1. The van der Waals surface area contributed by atoms with Crippen LogP contribution in [0.3, 0.4) is 0 Å². The molecular weight excluding hydrogens is 275 g/mol. The highest BCUT2D eigenvalue weighted by molar-refractivity contribution is 5.94. The van der Waals surface area contributed by atoms with Gasteiger partial charge in [-0.05, 0) is 36.8 Å². The van der Waals surface area contributed by atoms with Crippen molar-refractivity contribution in [1.82, 2.24) is 10.3 Å². The van der Waals surface area contributed by atoms with Crippen molar-refractivity contribution in [3.8, 4) is 0 Å². The van der Waals surface area contributed by atoms with E-state index in [0.717, 1.165) is 5.56 Å². The molecule has 5 nitrogen and oxygen atoms in total. The molecule has 0 fully saturated rings. The van der Waals surface area contributed by atoms with E-state index in [1.54, 1.807) is 19.1 Å². The summed E-state index contributed by atoms with van der Waals surface area (Å²) in [5, 5.41) is 11.5. The number of pyridine rings is 1. The lowest BCUT2D eigenvalue weighted by molar-refractivity contribution is 0.0690. The van der Waals surface area contributed by atoms with Gasteiger partial charge in [-0.25, -0.2) is 14.2 Å². The summed E-state index contributed by atoms with van der Waals surface area (Å²) < 4.78 is 12.8. The normalized spacial score (nSPS) is 11.7. The van der Waals surface area contributed by atoms with Crippen molar-refractivity contribution in [2.24, 2.45) is 0 Å². The molecule has 0 aliphatic rings. The Morgan fingerprint density at radius 1 is 1.14 bits per heavy atom. The van der Waals surface area contributed by atoms with Crippen LogP contribution in [0.5, 0.6) is 0 Å². The van der Waals surface area contributed by atoms with Gasteiger partial charge >= 0.3 is 5.97 Å². The summed E-state index contributed by atoms with van der Waals surface area (Å²) in [7, 11) is 0. The standard InChI is InChI=1S/C15H13FN2O3/c1-9(10-5-7-11(16)8-6-10)17-14(19)12-3-2-4-13(18-12)15(20)21/h2-9H,1H3,(H,17,19)(H,20,21). The Morgan fingerprint density at radius 2 is 1.76 bits per heavy atom. The molecule has 1 aromatic carbocycles. The smallest absolute Gasteiger partial charge is 0.354 e. The van der Waals surface area contributed by atoms with E-state index in [2.05, 4.69) is 10.3 Å². The fourth-order valence-corrected chi connectivity index (χ4v) is 1.79. The second-order valence-corrected chi connectivity index (χ2v) is 4.46. The van der Waals surface area contributed by atoms with Crippen LogP contribution in [0, 0.1) is 5.82 Å². The van der Waals surface area contributed by atoms with Gasteiger partial charge in [-0.2, -0.15) is 0 Å². The number of carboxylic acids is 1. The number of hydrogen-bond donors (Lipinski definition) is 2. The fourth-order valence-electron chi connectivity index (χ4n) is 1.79. The number of nitrogens with zero attached hydrogens (tertiary/aromatic N) is 1. The third kappa shape index (κ3) is 3.62. The predicted octanol–water partition coefficient (Wildman–Crippen LogP) is 2.41. The van der Waals surface area contributed by atoms with Crippen molar-refractivity contribution in [1.29, 1.82) is 0 Å². The summed E-state index contributed by atoms with van der Waals surface area (Å²) in [5.74, 6) is -2.04. The highest BCUT2D eigenvalue weighted by atomic mass is 19.1. The molecule has 0 spiro atoms. The third-order valence-corrected chi connectivity index (χ3v) is 2.92. The molecule has 0 saturated carbocycles. The van der Waals surface area contributed by atoms with Crippen LogP contribution in [0.2, 0.25) is 0 Å². The Kier molecular flexibility index (Phi) is 4.27. The third-order valence-electron chi connectivity index (χ3n) is 2.92. The van der Waals surface area contributed by atoms with Crippen molar-refractivity contribution in [2.75, 3.05) is 0 Å². The van der Waals surface area contributed by atoms with Gasteiger partial charge in [-0.1, -0.05) is 18.2 Å². The summed E-state index contributed by atoms with van der Waals surface area (Å²) in [6.45, 7) is 1.74. The summed E-state index contributed by atoms with van der Waals surface area (Å²) in [4.78, 5) is 26.6. The van der Waals surface area contributed by atoms with Crippen LogP contribution in [0.4, 0.5) is 4.39 Å². The van der Waals surface area contributed by atoms with E-state index >= 15 is 0 Å². The Balaban J connectivity index is 2.12. The molecule has 0 radical (unpaired) electrons. The number of amides is 1. The Morgan fingerprint density at radius 3 is 2.38 bits per heavy atom. The fraction of sp³-hybridized carbons (Fsp3) is 0.133. The van der Waals surface area contributed by atoms with Crippen LogP contribution in [0.1, 0.15) is 39.5 Å². The van der Waals surface area contributed by atoms with Crippen LogP contribution in [0.25, 0.3) is 0 Å². The first kappa shape index (κ1) is 14.6. The zero-order valence-corrected chi connectivity index (χ0v) is 11.2. The molecule has 2 aromatic rings. The lowest BCUT2D eigenvalue weighted by Gasteiger charge is -2.14. The van der Waals surface area contributed by atoms with Crippen LogP contribution >= 0.6 is 0 Å². The number of aromatic carboxylic acids is 1. The topological polar surface area (TPSA) is 79.3 Å². The molecule has 1 aromatic heterocycles. The molecule has 0 aliphatic heterocycles. The number of benzene rings is 1. The van der Waals surface area contributed by atoms with E-state index in [4.69, 9.17) is 5.11 Å². The number of carboxylic acid groups (broad SMARTS) is 1. The molecule has 1 unspecified atom stereocenters. The number of carbonyl (C=O) groups excluding carboxylic acids is 1. The summed E-state index contributed by atoms with van der Waals surface area (Å²) in [6.07, 6.45) is 0. The quantitative estimate of drug-likeness (QED) is 0.905. The molecule has 0 aliphatic carbocycles. The van der Waals surface area contributed by atoms with E-state index in [1.807, 2.05) is 0 Å². The minimum Gasteiger partial charge on any atom is -0.477 e. The molecular formula is C15H13FN2O3. The summed E-state index contributed by atoms with van der Waals surface area (Å²) in [6, 6.07) is 9.59. The lowest BCUT2D eigenvalue weighted by Crippen LogP contribution is -2.27. The molecule has 6 heteroatoms. The number of halogens is 1. The van der Waals surface area contributed by atoms with Gasteiger partial charge in [0, 0.05) is 0 Å². The second kappa shape index (κ2) is 6.13. The number of hydrogen-bond acceptors (Lipinski definition) is 3. The first-order chi connectivity index (χ1) is 9.97. The summed E-state index contributed by atoms with van der Waals surface area (Å²) in [5.41, 5.74) is 0.556. The van der Waals surface area contributed by atoms with Crippen LogP contribution in [0.15, 0.2) is 42.5 Å². The Labute approximate surface area is 120 Å². The van der Waals surface area contributed by atoms with Crippen molar-refractivity contribution in [2.45, 2.75) is 13.0 Å². The highest BCUT2D eigenvalue weighted by Crippen LogP contribution is 2.13. The minimum atomic E-state index is -1.20. The SMILES string of the molecule is CC(NC(=O)c1cccc(C(=O)O)n1)c1ccc(F)cc1. The van der Waals surface area contributed by atoms with Gasteiger partial charge in [0.05, 0.1) is 6.04 Å². The minimum absolute atomic E-state index is 0.0175. The zero-order valence-electron chi connectivity index (χ0n) is 11.2. The lowest BCUT2D eigenvalue weighted by atomic mass is 10.1. The summed E-state index contributed by atoms with van der Waals surface area (Å²) >= 11 is 0. The average molecular weight is 288 g/mol. The van der Waals surface area contributed by atoms with Gasteiger partial charge < -0.3 is 10.4 Å². The molecule has 2 N–H and O–H groups in total. The van der Waals surface area contributed by atoms with Gasteiger partial charge in [-0.15, -0.1) is 0 Å². The largest absolute Gasteiger partial charge is 0.477 e. The Bertz CT molecular complexity index is 671. The van der Waals surface area contributed by atoms with Crippen molar-refractivity contribution < 1.29 is 19.1 Å². The highest BCUT2D eigenvalue weighted by Gasteiger charge is 2.14. The first-order valence-corrected chi connectivity index (χ1v) is 6.24. The van der Waals surface area contributed by atoms with E-state index in [-0.39, 0.29) is 23.2 Å². The maximum absolute atomic E-state index is 12.8. The molecule has 0 saturated heterocycles. The van der Waals surface area contributed by atoms with E-state index < -0.39 is 11.9 Å². The zero-order chi connectivity index (χ0) is 15.4. The van der Waals surface area contributed by atoms with Crippen molar-refractivity contribution >= 4 is 11.9 Å². The van der Waals surface area contributed by atoms with Crippen LogP contribution < -0.4 is 5.32 Å². The predicted molar refractivity (Wildman–Crippen MR) is 73.5 cm³/mol. The van der Waals surface area contributed by atoms with Gasteiger partial charge in [0.2, 0.25) is 0 Å². The number of nitrogens with one attached hydrogen (secondary N) is 1. The molecule has 108 valence electrons. The van der Waals surface area contributed by atoms with E-state index in [1.165, 1.54) is 30.3 Å². The molecule has 21 heavy (non-hydrogen) atoms. The monoisotopic (exact) mass is 288 g/mol. The molecule has 1 heterocycles. The van der Waals surface area contributed by atoms with Gasteiger partial charge in [-0.3, -0.25) is 4.79 Å². The maximum atomic E-state index is 12.8. The van der Waals surface area contributed by atoms with E-state index in [0.29, 0.717) is 0 Å². The van der Waals surface area contributed by atoms with Crippen molar-refractivity contribution in [3.63, 3.8) is 0 Å². The van der Waals surface area contributed by atoms with Crippen LogP contribution in [-0.4, -0.2) is 22.0 Å². The average Bonchev–Trinajstić information content (AvgIpc) is 2.48. The molecule has 2 rings (SSSR count). The first-order valence-electron chi connectivity index (χ1n) is 6.24. The van der Waals surface area contributed by atoms with Gasteiger partial charge in [0.1, 0.15) is 17.2 Å². The second-order valence-electron chi connectivity index (χ2n) is 4.46. The number of carbonyl (C=O) groups is 2. The maximum Gasteiger partial charge on any atom is 0.354 e. The molecule has 1 atom stereocenters. The molecule has 0 bridgehead atoms.